The summed E-state index contributed by atoms with van der Waals surface area (Å²) >= 11 is 1.41. The fourth-order valence-corrected chi connectivity index (χ4v) is 4.30. The standard InChI is InChI=1S/C22H27N5O4S/c1-2-31-16-7-5-14(6-8-16)21(29)26-12-19(28)27-9-3-4-18(27)22(30)25-11-17-10-15(13-32-17)20(23)24/h5-8,10,13,18H,2-4,9,11-12H2,1H3,(H3,23,24)(H,25,30)(H,26,29)/t18-/m0/s1. The van der Waals surface area contributed by atoms with E-state index in [4.69, 9.17) is 15.9 Å². The average molecular weight is 458 g/mol. The second-order valence-corrected chi connectivity index (χ2v) is 8.31. The summed E-state index contributed by atoms with van der Waals surface area (Å²) in [5.41, 5.74) is 6.52. The molecule has 1 aromatic heterocycles. The van der Waals surface area contributed by atoms with Crippen LogP contribution < -0.4 is 21.1 Å². The number of likely N-dealkylation sites (tertiary alicyclic amines) is 1. The summed E-state index contributed by atoms with van der Waals surface area (Å²) in [6.45, 7) is 3.03. The number of hydrogen-bond donors (Lipinski definition) is 4. The van der Waals surface area contributed by atoms with Gasteiger partial charge in [0.1, 0.15) is 17.6 Å². The molecule has 5 N–H and O–H groups in total. The summed E-state index contributed by atoms with van der Waals surface area (Å²) in [5, 5.41) is 14.7. The summed E-state index contributed by atoms with van der Waals surface area (Å²) in [6, 6.07) is 7.89. The zero-order valence-corrected chi connectivity index (χ0v) is 18.7. The highest BCUT2D eigenvalue weighted by molar-refractivity contribution is 7.10. The van der Waals surface area contributed by atoms with Crippen molar-refractivity contribution in [1.82, 2.24) is 15.5 Å². The number of benzene rings is 1. The molecular weight excluding hydrogens is 430 g/mol. The predicted molar refractivity (Wildman–Crippen MR) is 122 cm³/mol. The number of nitrogens with one attached hydrogen (secondary N) is 3. The van der Waals surface area contributed by atoms with Crippen LogP contribution in [0.15, 0.2) is 35.7 Å². The van der Waals surface area contributed by atoms with E-state index in [2.05, 4.69) is 10.6 Å². The number of nitrogens with zero attached hydrogens (tertiary/aromatic N) is 1. The fourth-order valence-electron chi connectivity index (χ4n) is 3.47. The van der Waals surface area contributed by atoms with Crippen LogP contribution in [0.3, 0.4) is 0 Å². The number of ether oxygens (including phenoxy) is 1. The fraction of sp³-hybridized carbons (Fsp3) is 0.364. The lowest BCUT2D eigenvalue weighted by molar-refractivity contribution is -0.137. The minimum Gasteiger partial charge on any atom is -0.494 e. The van der Waals surface area contributed by atoms with Gasteiger partial charge in [0, 0.05) is 27.9 Å². The van der Waals surface area contributed by atoms with Crippen LogP contribution in [0.2, 0.25) is 0 Å². The third-order valence-corrected chi connectivity index (χ3v) is 6.04. The first-order chi connectivity index (χ1) is 15.4. The molecule has 1 fully saturated rings. The first-order valence-corrected chi connectivity index (χ1v) is 11.3. The van der Waals surface area contributed by atoms with E-state index in [1.165, 1.54) is 16.2 Å². The maximum atomic E-state index is 12.7. The van der Waals surface area contributed by atoms with Crippen molar-refractivity contribution in [2.75, 3.05) is 19.7 Å². The number of rotatable bonds is 9. The molecule has 0 bridgehead atoms. The Morgan fingerprint density at radius 1 is 1.22 bits per heavy atom. The summed E-state index contributed by atoms with van der Waals surface area (Å²) in [5.74, 6) is -0.228. The highest BCUT2D eigenvalue weighted by Crippen LogP contribution is 2.19. The highest BCUT2D eigenvalue weighted by Gasteiger charge is 2.33. The second kappa shape index (κ2) is 10.8. The number of nitrogens with two attached hydrogens (primary N) is 1. The Morgan fingerprint density at radius 3 is 2.62 bits per heavy atom. The Morgan fingerprint density at radius 2 is 1.97 bits per heavy atom. The van der Waals surface area contributed by atoms with Crippen LogP contribution in [0.4, 0.5) is 0 Å². The zero-order valence-electron chi connectivity index (χ0n) is 17.8. The lowest BCUT2D eigenvalue weighted by atomic mass is 10.2. The van der Waals surface area contributed by atoms with Gasteiger partial charge in [0.05, 0.1) is 19.7 Å². The van der Waals surface area contributed by atoms with Crippen LogP contribution in [0.25, 0.3) is 0 Å². The topological polar surface area (TPSA) is 138 Å². The van der Waals surface area contributed by atoms with Crippen molar-refractivity contribution in [1.29, 1.82) is 5.41 Å². The molecule has 170 valence electrons. The molecule has 0 saturated carbocycles. The molecule has 1 atom stereocenters. The first-order valence-electron chi connectivity index (χ1n) is 10.4. The van der Waals surface area contributed by atoms with E-state index in [9.17, 15) is 14.4 Å². The van der Waals surface area contributed by atoms with Crippen molar-refractivity contribution < 1.29 is 19.1 Å². The summed E-state index contributed by atoms with van der Waals surface area (Å²) < 4.78 is 5.36. The summed E-state index contributed by atoms with van der Waals surface area (Å²) in [6.07, 6.45) is 1.30. The van der Waals surface area contributed by atoms with E-state index in [0.717, 1.165) is 11.3 Å². The van der Waals surface area contributed by atoms with E-state index in [1.54, 1.807) is 35.7 Å². The molecule has 1 aliphatic heterocycles. The van der Waals surface area contributed by atoms with E-state index >= 15 is 0 Å². The molecule has 10 heteroatoms. The molecule has 2 heterocycles. The molecule has 32 heavy (non-hydrogen) atoms. The SMILES string of the molecule is CCOc1ccc(C(=O)NCC(=O)N2CCC[C@H]2C(=O)NCc2cc(C(=N)N)cs2)cc1. The molecular formula is C22H27N5O4S. The molecule has 0 unspecified atom stereocenters. The van der Waals surface area contributed by atoms with Crippen molar-refractivity contribution >= 4 is 34.9 Å². The van der Waals surface area contributed by atoms with Gasteiger partial charge in [0.15, 0.2) is 0 Å². The normalized spacial score (nSPS) is 15.3. The Bertz CT molecular complexity index is 988. The van der Waals surface area contributed by atoms with Crippen LogP contribution in [0, 0.1) is 5.41 Å². The van der Waals surface area contributed by atoms with Gasteiger partial charge in [-0.15, -0.1) is 11.3 Å². The lowest BCUT2D eigenvalue weighted by Crippen LogP contribution is -2.48. The molecule has 1 saturated heterocycles. The Labute approximate surface area is 190 Å². The van der Waals surface area contributed by atoms with Crippen molar-refractivity contribution in [3.63, 3.8) is 0 Å². The van der Waals surface area contributed by atoms with Crippen molar-refractivity contribution in [3.05, 3.63) is 51.7 Å². The predicted octanol–water partition coefficient (Wildman–Crippen LogP) is 1.47. The number of carbonyl (C=O) groups is 3. The Balaban J connectivity index is 1.50. The molecule has 0 radical (unpaired) electrons. The molecule has 3 amide bonds. The van der Waals surface area contributed by atoms with Gasteiger partial charge in [-0.2, -0.15) is 0 Å². The largest absolute Gasteiger partial charge is 0.494 e. The number of nitrogen functional groups attached to an aromatic ring is 1. The van der Waals surface area contributed by atoms with Crippen LogP contribution >= 0.6 is 11.3 Å². The molecule has 0 aliphatic carbocycles. The number of hydrogen-bond acceptors (Lipinski definition) is 6. The van der Waals surface area contributed by atoms with Crippen molar-refractivity contribution in [2.24, 2.45) is 5.73 Å². The van der Waals surface area contributed by atoms with Gasteiger partial charge in [-0.3, -0.25) is 19.8 Å². The molecule has 2 aromatic rings. The Kier molecular flexibility index (Phi) is 7.82. The summed E-state index contributed by atoms with van der Waals surface area (Å²) in [4.78, 5) is 40.0. The highest BCUT2D eigenvalue weighted by atomic mass is 32.1. The monoisotopic (exact) mass is 457 g/mol. The second-order valence-electron chi connectivity index (χ2n) is 7.32. The van der Waals surface area contributed by atoms with E-state index < -0.39 is 6.04 Å². The van der Waals surface area contributed by atoms with Crippen molar-refractivity contribution in [2.45, 2.75) is 32.4 Å². The van der Waals surface area contributed by atoms with E-state index in [-0.39, 0.29) is 30.1 Å². The zero-order chi connectivity index (χ0) is 23.1. The molecule has 1 aliphatic rings. The van der Waals surface area contributed by atoms with Gasteiger partial charge in [0.2, 0.25) is 11.8 Å². The van der Waals surface area contributed by atoms with Gasteiger partial charge in [-0.25, -0.2) is 0 Å². The van der Waals surface area contributed by atoms with Crippen LogP contribution in [0.5, 0.6) is 5.75 Å². The molecule has 0 spiro atoms. The average Bonchev–Trinajstić information content (AvgIpc) is 3.46. The van der Waals surface area contributed by atoms with E-state index in [0.29, 0.717) is 43.0 Å². The number of amides is 3. The van der Waals surface area contributed by atoms with Crippen LogP contribution in [-0.4, -0.2) is 54.2 Å². The lowest BCUT2D eigenvalue weighted by Gasteiger charge is -2.24. The summed E-state index contributed by atoms with van der Waals surface area (Å²) in [7, 11) is 0. The third kappa shape index (κ3) is 5.85. The van der Waals surface area contributed by atoms with Gasteiger partial charge in [-0.1, -0.05) is 0 Å². The van der Waals surface area contributed by atoms with Gasteiger partial charge >= 0.3 is 0 Å². The Hall–Kier alpha value is -3.40. The molecule has 3 rings (SSSR count). The quantitative estimate of drug-likeness (QED) is 0.334. The minimum atomic E-state index is -0.558. The molecule has 9 nitrogen and oxygen atoms in total. The van der Waals surface area contributed by atoms with Gasteiger partial charge in [-0.05, 0) is 50.1 Å². The van der Waals surface area contributed by atoms with Crippen LogP contribution in [0.1, 0.15) is 40.6 Å². The van der Waals surface area contributed by atoms with Gasteiger partial charge in [0.25, 0.3) is 5.91 Å². The molecule has 1 aromatic carbocycles. The number of carbonyl (C=O) groups excluding carboxylic acids is 3. The smallest absolute Gasteiger partial charge is 0.251 e. The number of thiophene rings is 1. The maximum absolute atomic E-state index is 12.7. The first kappa shape index (κ1) is 23.3. The maximum Gasteiger partial charge on any atom is 0.251 e. The van der Waals surface area contributed by atoms with Crippen LogP contribution in [-0.2, 0) is 16.1 Å². The third-order valence-electron chi connectivity index (χ3n) is 5.11. The van der Waals surface area contributed by atoms with E-state index in [1.807, 2.05) is 6.92 Å². The number of amidine groups is 1. The van der Waals surface area contributed by atoms with Crippen molar-refractivity contribution in [3.8, 4) is 5.75 Å². The minimum absolute atomic E-state index is 0.0151. The van der Waals surface area contributed by atoms with Gasteiger partial charge < -0.3 is 26.0 Å².